The van der Waals surface area contributed by atoms with Gasteiger partial charge in [-0.05, 0) is 42.5 Å². The topological polar surface area (TPSA) is 24.9 Å². The second kappa shape index (κ2) is 5.33. The van der Waals surface area contributed by atoms with Gasteiger partial charge in [0.05, 0.1) is 6.54 Å². The van der Waals surface area contributed by atoms with Gasteiger partial charge in [-0.3, -0.25) is 0 Å². The summed E-state index contributed by atoms with van der Waals surface area (Å²) in [4.78, 5) is 7.24. The molecule has 2 rings (SSSR count). The molecule has 2 aromatic rings. The average Bonchev–Trinajstić information content (AvgIpc) is 2.66. The van der Waals surface area contributed by atoms with Gasteiger partial charge in [0.1, 0.15) is 5.82 Å². The van der Waals surface area contributed by atoms with E-state index in [0.29, 0.717) is 0 Å². The van der Waals surface area contributed by atoms with E-state index < -0.39 is 0 Å². The van der Waals surface area contributed by atoms with Gasteiger partial charge in [0, 0.05) is 16.0 Å². The van der Waals surface area contributed by atoms with Gasteiger partial charge in [0.2, 0.25) is 0 Å². The summed E-state index contributed by atoms with van der Waals surface area (Å²) in [6.45, 7) is 11.8. The lowest BCUT2D eigenvalue weighted by Crippen LogP contribution is -2.11. The first-order valence-electron chi connectivity index (χ1n) is 6.62. The van der Waals surface area contributed by atoms with E-state index in [1.54, 1.807) is 0 Å². The third-order valence-electron chi connectivity index (χ3n) is 3.29. The van der Waals surface area contributed by atoms with Crippen LogP contribution in [0.4, 0.5) is 5.82 Å². The van der Waals surface area contributed by atoms with Gasteiger partial charge < -0.3 is 5.32 Å². The smallest absolute Gasteiger partial charge is 0.126 e. The summed E-state index contributed by atoms with van der Waals surface area (Å²) < 4.78 is 0. The van der Waals surface area contributed by atoms with E-state index in [9.17, 15) is 0 Å². The molecule has 0 fully saturated rings. The number of hydrogen-bond donors (Lipinski definition) is 1. The van der Waals surface area contributed by atoms with Crippen LogP contribution in [-0.2, 0) is 12.0 Å². The fourth-order valence-corrected chi connectivity index (χ4v) is 2.85. The van der Waals surface area contributed by atoms with Crippen LogP contribution in [0.3, 0.4) is 0 Å². The third-order valence-corrected chi connectivity index (χ3v) is 4.44. The van der Waals surface area contributed by atoms with Crippen LogP contribution >= 0.6 is 11.3 Å². The predicted octanol–water partition coefficient (Wildman–Crippen LogP) is 4.67. The normalized spacial score (nSPS) is 11.6. The van der Waals surface area contributed by atoms with E-state index >= 15 is 0 Å². The van der Waals surface area contributed by atoms with Gasteiger partial charge in [-0.2, -0.15) is 0 Å². The summed E-state index contributed by atoms with van der Waals surface area (Å²) in [5, 5.41) is 3.38. The Hall–Kier alpha value is -1.35. The Morgan fingerprint density at radius 3 is 2.42 bits per heavy atom. The molecule has 0 aliphatic carbocycles. The van der Waals surface area contributed by atoms with Gasteiger partial charge in [0.25, 0.3) is 0 Å². The zero-order chi connectivity index (χ0) is 14.0. The van der Waals surface area contributed by atoms with E-state index in [0.717, 1.165) is 12.4 Å². The first kappa shape index (κ1) is 14.1. The van der Waals surface area contributed by atoms with Gasteiger partial charge in [-0.1, -0.05) is 26.8 Å². The molecule has 0 aliphatic heterocycles. The number of nitrogens with one attached hydrogen (secondary N) is 1. The van der Waals surface area contributed by atoms with Gasteiger partial charge in [-0.25, -0.2) is 4.98 Å². The molecule has 2 aromatic heterocycles. The number of rotatable bonds is 3. The highest BCUT2D eigenvalue weighted by Crippen LogP contribution is 2.23. The van der Waals surface area contributed by atoms with Crippen LogP contribution < -0.4 is 5.32 Å². The Morgan fingerprint density at radius 2 is 1.95 bits per heavy atom. The Kier molecular flexibility index (Phi) is 3.95. The largest absolute Gasteiger partial charge is 0.365 e. The van der Waals surface area contributed by atoms with Crippen molar-refractivity contribution in [3.05, 3.63) is 45.3 Å². The summed E-state index contributed by atoms with van der Waals surface area (Å²) in [6.07, 6.45) is 1.97. The Bertz CT molecular complexity index is 528. The molecular weight excluding hydrogens is 252 g/mol. The molecular formula is C16H22N2S. The average molecular weight is 274 g/mol. The van der Waals surface area contributed by atoms with Crippen molar-refractivity contribution in [2.24, 2.45) is 0 Å². The molecule has 102 valence electrons. The van der Waals surface area contributed by atoms with Gasteiger partial charge in [0.15, 0.2) is 0 Å². The van der Waals surface area contributed by atoms with Crippen LogP contribution in [0.5, 0.6) is 0 Å². The van der Waals surface area contributed by atoms with Gasteiger partial charge in [-0.15, -0.1) is 11.3 Å². The van der Waals surface area contributed by atoms with Crippen LogP contribution in [0.25, 0.3) is 0 Å². The summed E-state index contributed by atoms with van der Waals surface area (Å²) in [7, 11) is 0. The van der Waals surface area contributed by atoms with Crippen LogP contribution in [0.15, 0.2) is 24.4 Å². The fourth-order valence-electron chi connectivity index (χ4n) is 1.86. The molecule has 0 amide bonds. The van der Waals surface area contributed by atoms with Crippen LogP contribution in [0.1, 0.15) is 41.7 Å². The molecule has 0 atom stereocenters. The van der Waals surface area contributed by atoms with E-state index in [4.69, 9.17) is 0 Å². The zero-order valence-electron chi connectivity index (χ0n) is 12.4. The van der Waals surface area contributed by atoms with Crippen molar-refractivity contribution in [1.29, 1.82) is 0 Å². The molecule has 0 aromatic carbocycles. The van der Waals surface area contributed by atoms with E-state index in [-0.39, 0.29) is 5.41 Å². The van der Waals surface area contributed by atoms with Crippen LogP contribution in [-0.4, -0.2) is 4.98 Å². The van der Waals surface area contributed by atoms with Crippen LogP contribution in [0, 0.1) is 13.8 Å². The lowest BCUT2D eigenvalue weighted by atomic mass is 9.88. The summed E-state index contributed by atoms with van der Waals surface area (Å²) in [5.74, 6) is 0.941. The molecule has 19 heavy (non-hydrogen) atoms. The standard InChI is InChI=1S/C16H22N2S/c1-11-8-14(19-12(11)2)10-18-15-7-6-13(9-17-15)16(3,4)5/h6-9H,10H2,1-5H3,(H,17,18). The molecule has 0 bridgehead atoms. The quantitative estimate of drug-likeness (QED) is 0.879. The van der Waals surface area contributed by atoms with Crippen LogP contribution in [0.2, 0.25) is 0 Å². The summed E-state index contributed by atoms with van der Waals surface area (Å²) in [5.41, 5.74) is 2.80. The maximum Gasteiger partial charge on any atom is 0.126 e. The Labute approximate surface area is 119 Å². The molecule has 0 radical (unpaired) electrons. The molecule has 1 N–H and O–H groups in total. The minimum Gasteiger partial charge on any atom is -0.365 e. The van der Waals surface area contributed by atoms with Crippen molar-refractivity contribution in [3.8, 4) is 0 Å². The highest BCUT2D eigenvalue weighted by molar-refractivity contribution is 7.12. The first-order valence-corrected chi connectivity index (χ1v) is 7.44. The highest BCUT2D eigenvalue weighted by atomic mass is 32.1. The van der Waals surface area contributed by atoms with E-state index in [1.807, 2.05) is 17.5 Å². The van der Waals surface area contributed by atoms with Crippen molar-refractivity contribution in [1.82, 2.24) is 4.98 Å². The van der Waals surface area contributed by atoms with E-state index in [2.05, 4.69) is 63.1 Å². The Balaban J connectivity index is 2.00. The number of thiophene rings is 1. The maximum atomic E-state index is 4.48. The molecule has 3 heteroatoms. The minimum atomic E-state index is 0.160. The number of pyridine rings is 1. The number of nitrogens with zero attached hydrogens (tertiary/aromatic N) is 1. The lowest BCUT2D eigenvalue weighted by Gasteiger charge is -2.18. The number of aryl methyl sites for hydroxylation is 2. The molecule has 0 saturated heterocycles. The fraction of sp³-hybridized carbons (Fsp3) is 0.438. The third kappa shape index (κ3) is 3.57. The second-order valence-electron chi connectivity index (χ2n) is 5.99. The second-order valence-corrected chi connectivity index (χ2v) is 7.33. The number of aromatic nitrogens is 1. The molecule has 2 heterocycles. The molecule has 2 nitrogen and oxygen atoms in total. The predicted molar refractivity (Wildman–Crippen MR) is 84.1 cm³/mol. The zero-order valence-corrected chi connectivity index (χ0v) is 13.2. The monoisotopic (exact) mass is 274 g/mol. The first-order chi connectivity index (χ1) is 8.86. The molecule has 0 unspecified atom stereocenters. The van der Waals surface area contributed by atoms with Crippen molar-refractivity contribution in [2.75, 3.05) is 5.32 Å². The molecule has 0 aliphatic rings. The molecule has 0 spiro atoms. The van der Waals surface area contributed by atoms with E-state index in [1.165, 1.54) is 20.9 Å². The summed E-state index contributed by atoms with van der Waals surface area (Å²) in [6, 6.07) is 6.46. The Morgan fingerprint density at radius 1 is 1.21 bits per heavy atom. The summed E-state index contributed by atoms with van der Waals surface area (Å²) >= 11 is 1.85. The van der Waals surface area contributed by atoms with Crippen molar-refractivity contribution in [2.45, 2.75) is 46.6 Å². The minimum absolute atomic E-state index is 0.160. The molecule has 0 saturated carbocycles. The van der Waals surface area contributed by atoms with Crippen molar-refractivity contribution < 1.29 is 0 Å². The highest BCUT2D eigenvalue weighted by Gasteiger charge is 2.13. The maximum absolute atomic E-state index is 4.48. The number of anilines is 1. The van der Waals surface area contributed by atoms with Crippen molar-refractivity contribution >= 4 is 17.2 Å². The lowest BCUT2D eigenvalue weighted by molar-refractivity contribution is 0.587. The SMILES string of the molecule is Cc1cc(CNc2ccc(C(C)(C)C)cn2)sc1C. The van der Waals surface area contributed by atoms with Gasteiger partial charge >= 0.3 is 0 Å². The number of hydrogen-bond acceptors (Lipinski definition) is 3. The van der Waals surface area contributed by atoms with Crippen molar-refractivity contribution in [3.63, 3.8) is 0 Å².